The summed E-state index contributed by atoms with van der Waals surface area (Å²) in [6.45, 7) is 0. The van der Waals surface area contributed by atoms with Crippen molar-refractivity contribution in [3.05, 3.63) is 52.0 Å². The second kappa shape index (κ2) is 6.01. The Balaban J connectivity index is 2.27. The van der Waals surface area contributed by atoms with Crippen LogP contribution in [0.2, 0.25) is 5.02 Å². The first-order chi connectivity index (χ1) is 9.42. The summed E-state index contributed by atoms with van der Waals surface area (Å²) < 4.78 is 27.5. The highest BCUT2D eigenvalue weighted by Gasteiger charge is 2.14. The van der Waals surface area contributed by atoms with Gasteiger partial charge < -0.3 is 5.43 Å². The molecular formula is C12H11BrClN3O2S. The number of hydrogen-bond donors (Lipinski definition) is 3. The highest BCUT2D eigenvalue weighted by atomic mass is 79.9. The number of rotatable bonds is 4. The van der Waals surface area contributed by atoms with Crippen LogP contribution in [0.1, 0.15) is 0 Å². The lowest BCUT2D eigenvalue weighted by molar-refractivity contribution is 0.601. The minimum Gasteiger partial charge on any atom is -0.324 e. The summed E-state index contributed by atoms with van der Waals surface area (Å²) in [5.41, 5.74) is 3.44. The van der Waals surface area contributed by atoms with Crippen molar-refractivity contribution in [2.75, 3.05) is 10.1 Å². The summed E-state index contributed by atoms with van der Waals surface area (Å²) in [5, 5.41) is 0.424. The van der Waals surface area contributed by atoms with Gasteiger partial charge in [0.15, 0.2) is 0 Å². The van der Waals surface area contributed by atoms with Crippen molar-refractivity contribution in [1.29, 1.82) is 0 Å². The SMILES string of the molecule is NNc1ccc(S(=O)(=O)Nc2ccc(Br)c(Cl)c2)cc1. The number of halogens is 2. The Morgan fingerprint density at radius 3 is 2.20 bits per heavy atom. The van der Waals surface area contributed by atoms with E-state index in [-0.39, 0.29) is 4.90 Å². The van der Waals surface area contributed by atoms with E-state index < -0.39 is 10.0 Å². The van der Waals surface area contributed by atoms with E-state index in [2.05, 4.69) is 26.1 Å². The number of nitrogen functional groups attached to an aromatic ring is 1. The van der Waals surface area contributed by atoms with Crippen LogP contribution in [0.4, 0.5) is 11.4 Å². The molecule has 0 saturated heterocycles. The minimum atomic E-state index is -3.66. The molecule has 0 heterocycles. The van der Waals surface area contributed by atoms with E-state index in [1.54, 1.807) is 24.3 Å². The summed E-state index contributed by atoms with van der Waals surface area (Å²) in [7, 11) is -3.66. The van der Waals surface area contributed by atoms with E-state index in [1.807, 2.05) is 0 Å². The van der Waals surface area contributed by atoms with Gasteiger partial charge >= 0.3 is 0 Å². The Morgan fingerprint density at radius 2 is 1.65 bits per heavy atom. The molecule has 0 aliphatic rings. The van der Waals surface area contributed by atoms with Gasteiger partial charge in [-0.3, -0.25) is 10.6 Å². The molecule has 0 aliphatic heterocycles. The Morgan fingerprint density at radius 1 is 1.05 bits per heavy atom. The molecule has 0 unspecified atom stereocenters. The van der Waals surface area contributed by atoms with Crippen LogP contribution in [-0.4, -0.2) is 8.42 Å². The molecule has 4 N–H and O–H groups in total. The quantitative estimate of drug-likeness (QED) is 0.565. The molecule has 8 heteroatoms. The number of nitrogens with one attached hydrogen (secondary N) is 2. The smallest absolute Gasteiger partial charge is 0.261 e. The molecule has 0 aliphatic carbocycles. The predicted octanol–water partition coefficient (Wildman–Crippen LogP) is 3.19. The Labute approximate surface area is 130 Å². The van der Waals surface area contributed by atoms with Crippen LogP contribution in [0.25, 0.3) is 0 Å². The summed E-state index contributed by atoms with van der Waals surface area (Å²) in [6, 6.07) is 10.9. The molecule has 2 aromatic carbocycles. The van der Waals surface area contributed by atoms with Crippen molar-refractivity contribution in [2.45, 2.75) is 4.90 Å². The van der Waals surface area contributed by atoms with Gasteiger partial charge in [0.25, 0.3) is 10.0 Å². The monoisotopic (exact) mass is 375 g/mol. The molecule has 2 aromatic rings. The van der Waals surface area contributed by atoms with Crippen LogP contribution >= 0.6 is 27.5 Å². The van der Waals surface area contributed by atoms with Gasteiger partial charge in [0.05, 0.1) is 15.6 Å². The van der Waals surface area contributed by atoms with Gasteiger partial charge in [-0.15, -0.1) is 0 Å². The van der Waals surface area contributed by atoms with E-state index in [0.717, 1.165) is 0 Å². The number of anilines is 2. The third kappa shape index (κ3) is 3.43. The number of hydrogen-bond acceptors (Lipinski definition) is 4. The van der Waals surface area contributed by atoms with E-state index in [4.69, 9.17) is 17.4 Å². The molecule has 0 radical (unpaired) electrons. The number of hydrazine groups is 1. The van der Waals surface area contributed by atoms with Crippen molar-refractivity contribution in [2.24, 2.45) is 5.84 Å². The highest BCUT2D eigenvalue weighted by molar-refractivity contribution is 9.10. The Kier molecular flexibility index (Phi) is 4.54. The van der Waals surface area contributed by atoms with Crippen LogP contribution in [0, 0.1) is 0 Å². The second-order valence-corrected chi connectivity index (χ2v) is 6.85. The summed E-state index contributed by atoms with van der Waals surface area (Å²) in [5.74, 6) is 5.23. The molecule has 0 aromatic heterocycles. The molecule has 2 rings (SSSR count). The van der Waals surface area contributed by atoms with Crippen LogP contribution in [0.15, 0.2) is 51.8 Å². The molecule has 5 nitrogen and oxygen atoms in total. The van der Waals surface area contributed by atoms with Gasteiger partial charge in [-0.25, -0.2) is 8.42 Å². The molecular weight excluding hydrogens is 366 g/mol. The Bertz CT molecular complexity index is 720. The topological polar surface area (TPSA) is 84.2 Å². The minimum absolute atomic E-state index is 0.135. The van der Waals surface area contributed by atoms with Crippen LogP contribution in [0.5, 0.6) is 0 Å². The van der Waals surface area contributed by atoms with Crippen LogP contribution < -0.4 is 16.0 Å². The van der Waals surface area contributed by atoms with Gasteiger partial charge in [-0.1, -0.05) is 11.6 Å². The molecule has 0 spiro atoms. The van der Waals surface area contributed by atoms with Crippen molar-refractivity contribution in [3.8, 4) is 0 Å². The lowest BCUT2D eigenvalue weighted by atomic mass is 10.3. The van der Waals surface area contributed by atoms with E-state index >= 15 is 0 Å². The third-order valence-corrected chi connectivity index (χ3v) is 5.13. The molecule has 106 valence electrons. The van der Waals surface area contributed by atoms with E-state index in [0.29, 0.717) is 20.9 Å². The van der Waals surface area contributed by atoms with Gasteiger partial charge in [-0.2, -0.15) is 0 Å². The van der Waals surface area contributed by atoms with Crippen molar-refractivity contribution < 1.29 is 8.42 Å². The van der Waals surface area contributed by atoms with Crippen molar-refractivity contribution in [3.63, 3.8) is 0 Å². The molecule has 20 heavy (non-hydrogen) atoms. The first-order valence-electron chi connectivity index (χ1n) is 5.47. The lowest BCUT2D eigenvalue weighted by Crippen LogP contribution is -2.13. The fraction of sp³-hybridized carbons (Fsp3) is 0. The maximum absolute atomic E-state index is 12.2. The van der Waals surface area contributed by atoms with Crippen LogP contribution in [0.3, 0.4) is 0 Å². The van der Waals surface area contributed by atoms with E-state index in [9.17, 15) is 8.42 Å². The molecule has 0 amide bonds. The second-order valence-electron chi connectivity index (χ2n) is 3.90. The molecule has 0 fully saturated rings. The fourth-order valence-corrected chi connectivity index (χ4v) is 2.98. The zero-order chi connectivity index (χ0) is 14.8. The first-order valence-corrected chi connectivity index (χ1v) is 8.12. The largest absolute Gasteiger partial charge is 0.324 e. The first kappa shape index (κ1) is 15.1. The zero-order valence-electron chi connectivity index (χ0n) is 10.1. The average Bonchev–Trinajstić information content (AvgIpc) is 2.43. The van der Waals surface area contributed by atoms with Crippen molar-refractivity contribution >= 4 is 48.9 Å². The van der Waals surface area contributed by atoms with Gasteiger partial charge in [0, 0.05) is 10.2 Å². The van der Waals surface area contributed by atoms with Gasteiger partial charge in [0.2, 0.25) is 0 Å². The zero-order valence-corrected chi connectivity index (χ0v) is 13.3. The number of benzene rings is 2. The fourth-order valence-electron chi connectivity index (χ4n) is 1.50. The summed E-state index contributed by atoms with van der Waals surface area (Å²) >= 11 is 9.17. The van der Waals surface area contributed by atoms with Gasteiger partial charge in [-0.05, 0) is 58.4 Å². The molecule has 0 saturated carbocycles. The molecule has 0 bridgehead atoms. The maximum atomic E-state index is 12.2. The normalized spacial score (nSPS) is 11.2. The average molecular weight is 377 g/mol. The number of nitrogens with two attached hydrogens (primary N) is 1. The van der Waals surface area contributed by atoms with Gasteiger partial charge in [0.1, 0.15) is 0 Å². The highest BCUT2D eigenvalue weighted by Crippen LogP contribution is 2.27. The third-order valence-electron chi connectivity index (χ3n) is 2.50. The molecule has 0 atom stereocenters. The lowest BCUT2D eigenvalue weighted by Gasteiger charge is -2.09. The maximum Gasteiger partial charge on any atom is 0.261 e. The number of sulfonamides is 1. The summed E-state index contributed by atoms with van der Waals surface area (Å²) in [4.78, 5) is 0.135. The van der Waals surface area contributed by atoms with E-state index in [1.165, 1.54) is 18.2 Å². The van der Waals surface area contributed by atoms with Crippen molar-refractivity contribution in [1.82, 2.24) is 0 Å². The van der Waals surface area contributed by atoms with Crippen LogP contribution in [-0.2, 0) is 10.0 Å². The predicted molar refractivity (Wildman–Crippen MR) is 84.2 cm³/mol. The standard InChI is InChI=1S/C12H11BrClN3O2S/c13-11-6-3-9(7-12(11)14)17-20(18,19)10-4-1-8(16-15)2-5-10/h1-7,16-17H,15H2. The Hall–Kier alpha value is -1.28. The summed E-state index contributed by atoms with van der Waals surface area (Å²) in [6.07, 6.45) is 0.